The number of benzene rings is 1. The van der Waals surface area contributed by atoms with Gasteiger partial charge in [0.15, 0.2) is 5.82 Å². The summed E-state index contributed by atoms with van der Waals surface area (Å²) >= 11 is 0. The average Bonchev–Trinajstić information content (AvgIpc) is 2.43. The Morgan fingerprint density at radius 1 is 1.30 bits per heavy atom. The molecule has 0 fully saturated rings. The summed E-state index contributed by atoms with van der Waals surface area (Å²) in [6.07, 6.45) is 3.20. The predicted molar refractivity (Wildman–Crippen MR) is 71.7 cm³/mol. The van der Waals surface area contributed by atoms with Crippen molar-refractivity contribution in [3.63, 3.8) is 0 Å². The van der Waals surface area contributed by atoms with Crippen LogP contribution in [0.1, 0.15) is 29.3 Å². The average molecular weight is 275 g/mol. The first-order valence-electron chi connectivity index (χ1n) is 6.26. The molecule has 0 spiro atoms. The Hall–Kier alpha value is -2.43. The highest BCUT2D eigenvalue weighted by atomic mass is 19.1. The van der Waals surface area contributed by atoms with Crippen molar-refractivity contribution in [3.05, 3.63) is 53.5 Å². The third-order valence-electron chi connectivity index (χ3n) is 2.76. The van der Waals surface area contributed by atoms with Gasteiger partial charge in [-0.15, -0.1) is 0 Å². The van der Waals surface area contributed by atoms with E-state index in [0.717, 1.165) is 24.5 Å². The third-order valence-corrected chi connectivity index (χ3v) is 2.76. The van der Waals surface area contributed by atoms with E-state index in [1.54, 1.807) is 12.1 Å². The highest BCUT2D eigenvalue weighted by molar-refractivity contribution is 5.88. The minimum atomic E-state index is -1.35. The molecule has 0 saturated heterocycles. The lowest BCUT2D eigenvalue weighted by molar-refractivity contribution is 0.0690. The van der Waals surface area contributed by atoms with Crippen LogP contribution in [0.5, 0.6) is 11.6 Å². The quantitative estimate of drug-likeness (QED) is 0.904. The van der Waals surface area contributed by atoms with Crippen LogP contribution in [0.25, 0.3) is 0 Å². The van der Waals surface area contributed by atoms with Crippen molar-refractivity contribution in [2.24, 2.45) is 0 Å². The second kappa shape index (κ2) is 6.14. The van der Waals surface area contributed by atoms with E-state index in [1.165, 1.54) is 6.20 Å². The summed E-state index contributed by atoms with van der Waals surface area (Å²) in [6.45, 7) is 2.08. The number of pyridine rings is 1. The van der Waals surface area contributed by atoms with E-state index in [1.807, 2.05) is 12.1 Å². The van der Waals surface area contributed by atoms with Crippen molar-refractivity contribution in [3.8, 4) is 11.6 Å². The van der Waals surface area contributed by atoms with E-state index in [-0.39, 0.29) is 5.88 Å². The van der Waals surface area contributed by atoms with Crippen LogP contribution >= 0.6 is 0 Å². The molecule has 20 heavy (non-hydrogen) atoms. The molecule has 0 bridgehead atoms. The van der Waals surface area contributed by atoms with Gasteiger partial charge in [-0.1, -0.05) is 25.5 Å². The second-order valence-corrected chi connectivity index (χ2v) is 4.28. The van der Waals surface area contributed by atoms with Gasteiger partial charge in [0, 0.05) is 6.20 Å². The zero-order valence-electron chi connectivity index (χ0n) is 11.0. The predicted octanol–water partition coefficient (Wildman–Crippen LogP) is 3.66. The van der Waals surface area contributed by atoms with Crippen molar-refractivity contribution in [1.29, 1.82) is 0 Å². The van der Waals surface area contributed by atoms with Crippen LogP contribution in [0.3, 0.4) is 0 Å². The Morgan fingerprint density at radius 2 is 2.00 bits per heavy atom. The number of aryl methyl sites for hydroxylation is 1. The molecule has 0 saturated carbocycles. The Kier molecular flexibility index (Phi) is 4.30. The molecule has 1 heterocycles. The number of carbonyl (C=O) groups is 1. The van der Waals surface area contributed by atoms with E-state index >= 15 is 0 Å². The number of aromatic nitrogens is 1. The van der Waals surface area contributed by atoms with Gasteiger partial charge in [0.05, 0.1) is 0 Å². The molecule has 0 atom stereocenters. The molecule has 4 nitrogen and oxygen atoms in total. The lowest BCUT2D eigenvalue weighted by atomic mass is 10.1. The first-order valence-corrected chi connectivity index (χ1v) is 6.26. The highest BCUT2D eigenvalue weighted by Crippen LogP contribution is 2.24. The number of halogens is 1. The van der Waals surface area contributed by atoms with Crippen LogP contribution in [0.2, 0.25) is 0 Å². The number of carboxylic acid groups (broad SMARTS) is 1. The number of ether oxygens (including phenoxy) is 1. The first kappa shape index (κ1) is 14.0. The van der Waals surface area contributed by atoms with Crippen LogP contribution in [0.15, 0.2) is 36.5 Å². The molecule has 1 aromatic carbocycles. The minimum absolute atomic E-state index is 0.340. The zero-order valence-corrected chi connectivity index (χ0v) is 11.0. The smallest absolute Gasteiger partial charge is 0.338 e. The summed E-state index contributed by atoms with van der Waals surface area (Å²) in [6, 6.07) is 8.28. The third kappa shape index (κ3) is 3.12. The number of carboxylic acids is 1. The van der Waals surface area contributed by atoms with Gasteiger partial charge in [0.1, 0.15) is 11.3 Å². The van der Waals surface area contributed by atoms with Crippen molar-refractivity contribution in [1.82, 2.24) is 4.98 Å². The topological polar surface area (TPSA) is 59.4 Å². The minimum Gasteiger partial charge on any atom is -0.478 e. The van der Waals surface area contributed by atoms with Gasteiger partial charge in [0.25, 0.3) is 5.88 Å². The van der Waals surface area contributed by atoms with Crippen molar-refractivity contribution in [2.75, 3.05) is 0 Å². The molecule has 0 aliphatic rings. The molecular weight excluding hydrogens is 261 g/mol. The van der Waals surface area contributed by atoms with Crippen molar-refractivity contribution >= 4 is 5.97 Å². The summed E-state index contributed by atoms with van der Waals surface area (Å²) in [5.74, 6) is -2.25. The fourth-order valence-electron chi connectivity index (χ4n) is 1.79. The van der Waals surface area contributed by atoms with Crippen LogP contribution in [0, 0.1) is 5.82 Å². The van der Waals surface area contributed by atoms with Crippen LogP contribution in [-0.2, 0) is 6.42 Å². The summed E-state index contributed by atoms with van der Waals surface area (Å²) < 4.78 is 19.1. The molecule has 1 aromatic heterocycles. The van der Waals surface area contributed by atoms with Gasteiger partial charge in [-0.25, -0.2) is 14.2 Å². The van der Waals surface area contributed by atoms with E-state index < -0.39 is 17.3 Å². The van der Waals surface area contributed by atoms with Gasteiger partial charge in [-0.3, -0.25) is 0 Å². The molecular formula is C15H14FNO3. The number of rotatable bonds is 5. The summed E-state index contributed by atoms with van der Waals surface area (Å²) in [4.78, 5) is 14.5. The van der Waals surface area contributed by atoms with Crippen LogP contribution < -0.4 is 4.74 Å². The maximum atomic E-state index is 13.8. The second-order valence-electron chi connectivity index (χ2n) is 4.28. The normalized spacial score (nSPS) is 10.3. The van der Waals surface area contributed by atoms with Crippen molar-refractivity contribution in [2.45, 2.75) is 19.8 Å². The van der Waals surface area contributed by atoms with Crippen molar-refractivity contribution < 1.29 is 19.0 Å². The molecule has 0 amide bonds. The van der Waals surface area contributed by atoms with Gasteiger partial charge < -0.3 is 9.84 Å². The molecule has 2 rings (SSSR count). The number of hydrogen-bond acceptors (Lipinski definition) is 3. The highest BCUT2D eigenvalue weighted by Gasteiger charge is 2.16. The molecule has 2 aromatic rings. The monoisotopic (exact) mass is 275 g/mol. The molecule has 1 N–H and O–H groups in total. The lowest BCUT2D eigenvalue weighted by Gasteiger charge is -2.07. The standard InChI is InChI=1S/C15H14FNO3/c1-2-3-10-4-6-11(7-5-10)20-14-13(16)12(15(18)19)8-9-17-14/h4-9H,2-3H2,1H3,(H,18,19). The summed E-state index contributed by atoms with van der Waals surface area (Å²) in [5, 5.41) is 8.83. The Labute approximate surface area is 115 Å². The van der Waals surface area contributed by atoms with Gasteiger partial charge in [-0.05, 0) is 30.2 Å². The maximum absolute atomic E-state index is 13.8. The zero-order chi connectivity index (χ0) is 14.5. The molecule has 5 heteroatoms. The molecule has 0 aliphatic carbocycles. The Bertz CT molecular complexity index is 611. The summed E-state index contributed by atoms with van der Waals surface area (Å²) in [5.41, 5.74) is 0.699. The number of hydrogen-bond donors (Lipinski definition) is 1. The maximum Gasteiger partial charge on any atom is 0.338 e. The molecule has 0 radical (unpaired) electrons. The fraction of sp³-hybridized carbons (Fsp3) is 0.200. The van der Waals surface area contributed by atoms with Gasteiger partial charge in [0.2, 0.25) is 0 Å². The Balaban J connectivity index is 2.21. The number of nitrogens with zero attached hydrogens (tertiary/aromatic N) is 1. The molecule has 0 aliphatic heterocycles. The van der Waals surface area contributed by atoms with Crippen LogP contribution in [0.4, 0.5) is 4.39 Å². The van der Waals surface area contributed by atoms with Gasteiger partial charge >= 0.3 is 5.97 Å². The Morgan fingerprint density at radius 3 is 2.60 bits per heavy atom. The fourth-order valence-corrected chi connectivity index (χ4v) is 1.79. The summed E-state index contributed by atoms with van der Waals surface area (Å²) in [7, 11) is 0. The van der Waals surface area contributed by atoms with Gasteiger partial charge in [-0.2, -0.15) is 0 Å². The SMILES string of the molecule is CCCc1ccc(Oc2nccc(C(=O)O)c2F)cc1. The largest absolute Gasteiger partial charge is 0.478 e. The van der Waals surface area contributed by atoms with E-state index in [9.17, 15) is 9.18 Å². The van der Waals surface area contributed by atoms with E-state index in [0.29, 0.717) is 5.75 Å². The lowest BCUT2D eigenvalue weighted by Crippen LogP contribution is -2.03. The molecule has 0 unspecified atom stereocenters. The first-order chi connectivity index (χ1) is 9.61. The molecule has 104 valence electrons. The van der Waals surface area contributed by atoms with Crippen LogP contribution in [-0.4, -0.2) is 16.1 Å². The van der Waals surface area contributed by atoms with E-state index in [2.05, 4.69) is 11.9 Å². The number of aromatic carboxylic acids is 1. The van der Waals surface area contributed by atoms with E-state index in [4.69, 9.17) is 9.84 Å².